The van der Waals surface area contributed by atoms with Crippen LogP contribution in [0.15, 0.2) is 47.8 Å². The second kappa shape index (κ2) is 4.67. The van der Waals surface area contributed by atoms with Gasteiger partial charge in [0.2, 0.25) is 0 Å². The molecule has 3 rings (SSSR count). The first-order chi connectivity index (χ1) is 8.77. The third kappa shape index (κ3) is 2.11. The van der Waals surface area contributed by atoms with Gasteiger partial charge >= 0.3 is 0 Å². The number of ketones is 1. The molecule has 0 bridgehead atoms. The van der Waals surface area contributed by atoms with Crippen molar-refractivity contribution in [2.24, 2.45) is 11.7 Å². The molecule has 1 heterocycles. The number of hydrogen-bond donors (Lipinski definition) is 1. The van der Waals surface area contributed by atoms with Gasteiger partial charge in [-0.25, -0.2) is 0 Å². The van der Waals surface area contributed by atoms with Gasteiger partial charge < -0.3 is 5.73 Å². The van der Waals surface area contributed by atoms with Crippen molar-refractivity contribution in [3.8, 4) is 0 Å². The minimum absolute atomic E-state index is 0.115. The summed E-state index contributed by atoms with van der Waals surface area (Å²) in [4.78, 5) is 13.2. The smallest absolute Gasteiger partial charge is 0.158 e. The van der Waals surface area contributed by atoms with Crippen LogP contribution in [0.1, 0.15) is 28.8 Å². The first-order valence-electron chi connectivity index (χ1n) is 6.15. The highest BCUT2D eigenvalue weighted by Gasteiger charge is 2.45. The van der Waals surface area contributed by atoms with Gasteiger partial charge in [0.15, 0.2) is 5.78 Å². The Labute approximate surface area is 110 Å². The van der Waals surface area contributed by atoms with Crippen LogP contribution < -0.4 is 5.73 Å². The zero-order chi connectivity index (χ0) is 12.5. The van der Waals surface area contributed by atoms with Gasteiger partial charge in [0.1, 0.15) is 0 Å². The molecule has 0 radical (unpaired) electrons. The number of hydrogen-bond acceptors (Lipinski definition) is 3. The number of carbonyl (C=O) groups excluding carboxylic acids is 1. The van der Waals surface area contributed by atoms with Crippen LogP contribution in [0, 0.1) is 5.92 Å². The monoisotopic (exact) mass is 257 g/mol. The van der Waals surface area contributed by atoms with Crippen molar-refractivity contribution in [3.05, 3.63) is 58.3 Å². The summed E-state index contributed by atoms with van der Waals surface area (Å²) < 4.78 is 0. The van der Waals surface area contributed by atoms with Crippen molar-refractivity contribution < 1.29 is 4.79 Å². The fraction of sp³-hybridized carbons (Fsp3) is 0.267. The number of carbonyl (C=O) groups is 1. The van der Waals surface area contributed by atoms with Crippen LogP contribution in [0.25, 0.3) is 0 Å². The number of nitrogens with two attached hydrogens (primary N) is 1. The SMILES string of the molecule is NC(C(=O)C1CC1c1ccccc1)c1cccs1. The summed E-state index contributed by atoms with van der Waals surface area (Å²) in [5.74, 6) is 0.681. The van der Waals surface area contributed by atoms with Crippen molar-refractivity contribution in [2.45, 2.75) is 18.4 Å². The Bertz CT molecular complexity index is 535. The maximum atomic E-state index is 12.3. The molecule has 1 saturated carbocycles. The highest BCUT2D eigenvalue weighted by Crippen LogP contribution is 2.49. The van der Waals surface area contributed by atoms with Crippen LogP contribution in [0.4, 0.5) is 0 Å². The van der Waals surface area contributed by atoms with Crippen molar-refractivity contribution in [1.82, 2.24) is 0 Å². The van der Waals surface area contributed by atoms with Crippen molar-refractivity contribution >= 4 is 17.1 Å². The molecule has 1 aromatic carbocycles. The minimum atomic E-state index is -0.441. The van der Waals surface area contributed by atoms with E-state index in [1.165, 1.54) is 5.56 Å². The van der Waals surface area contributed by atoms with E-state index in [2.05, 4.69) is 12.1 Å². The van der Waals surface area contributed by atoms with Gasteiger partial charge in [-0.3, -0.25) is 4.79 Å². The van der Waals surface area contributed by atoms with Crippen molar-refractivity contribution in [1.29, 1.82) is 0 Å². The van der Waals surface area contributed by atoms with Gasteiger partial charge in [0, 0.05) is 10.8 Å². The lowest BCUT2D eigenvalue weighted by Gasteiger charge is -2.08. The summed E-state index contributed by atoms with van der Waals surface area (Å²) in [5, 5.41) is 1.96. The molecule has 0 aliphatic heterocycles. The molecule has 3 unspecified atom stereocenters. The van der Waals surface area contributed by atoms with Crippen LogP contribution in [0.2, 0.25) is 0 Å². The molecule has 0 amide bonds. The lowest BCUT2D eigenvalue weighted by atomic mass is 10.0. The second-order valence-electron chi connectivity index (χ2n) is 4.75. The topological polar surface area (TPSA) is 43.1 Å². The molecule has 2 N–H and O–H groups in total. The van der Waals surface area contributed by atoms with E-state index in [1.54, 1.807) is 11.3 Å². The molecule has 92 valence electrons. The summed E-state index contributed by atoms with van der Waals surface area (Å²) in [6.07, 6.45) is 0.946. The van der Waals surface area contributed by atoms with Crippen LogP contribution >= 0.6 is 11.3 Å². The van der Waals surface area contributed by atoms with Gasteiger partial charge in [0.25, 0.3) is 0 Å². The molecule has 3 heteroatoms. The maximum absolute atomic E-state index is 12.3. The van der Waals surface area contributed by atoms with E-state index in [-0.39, 0.29) is 11.7 Å². The fourth-order valence-electron chi connectivity index (χ4n) is 2.42. The van der Waals surface area contributed by atoms with E-state index < -0.39 is 6.04 Å². The third-order valence-corrected chi connectivity index (χ3v) is 4.50. The molecule has 1 aromatic heterocycles. The fourth-order valence-corrected chi connectivity index (χ4v) is 3.15. The lowest BCUT2D eigenvalue weighted by Crippen LogP contribution is -2.22. The van der Waals surface area contributed by atoms with Gasteiger partial charge in [-0.1, -0.05) is 36.4 Å². The van der Waals surface area contributed by atoms with Gasteiger partial charge in [-0.15, -0.1) is 11.3 Å². The Balaban J connectivity index is 1.70. The first kappa shape index (κ1) is 11.6. The van der Waals surface area contributed by atoms with Gasteiger partial charge in [0.05, 0.1) is 6.04 Å². The van der Waals surface area contributed by atoms with Crippen LogP contribution in [0.5, 0.6) is 0 Å². The van der Waals surface area contributed by atoms with E-state index >= 15 is 0 Å². The molecule has 0 saturated heterocycles. The molecule has 0 spiro atoms. The Morgan fingerprint density at radius 3 is 2.67 bits per heavy atom. The van der Waals surface area contributed by atoms with Crippen molar-refractivity contribution in [2.75, 3.05) is 0 Å². The largest absolute Gasteiger partial charge is 0.317 e. The highest BCUT2D eigenvalue weighted by molar-refractivity contribution is 7.10. The van der Waals surface area contributed by atoms with E-state index in [0.29, 0.717) is 5.92 Å². The predicted molar refractivity (Wildman–Crippen MR) is 73.5 cm³/mol. The predicted octanol–water partition coefficient (Wildman–Crippen LogP) is 3.12. The molecule has 1 aliphatic rings. The summed E-state index contributed by atoms with van der Waals surface area (Å²) >= 11 is 1.56. The molecule has 2 aromatic rings. The standard InChI is InChI=1S/C15H15NOS/c16-14(13-7-4-8-18-13)15(17)12-9-11(12)10-5-2-1-3-6-10/h1-8,11-12,14H,9,16H2. The van der Waals surface area contributed by atoms with E-state index in [4.69, 9.17) is 5.73 Å². The average molecular weight is 257 g/mol. The Hall–Kier alpha value is -1.45. The first-order valence-corrected chi connectivity index (χ1v) is 7.03. The van der Waals surface area contributed by atoms with Gasteiger partial charge in [-0.2, -0.15) is 0 Å². The molecule has 3 atom stereocenters. The Morgan fingerprint density at radius 2 is 2.00 bits per heavy atom. The summed E-state index contributed by atoms with van der Waals surface area (Å²) in [5.41, 5.74) is 7.28. The Kier molecular flexibility index (Phi) is 3.02. The van der Waals surface area contributed by atoms with Gasteiger partial charge in [-0.05, 0) is 29.3 Å². The number of benzene rings is 1. The minimum Gasteiger partial charge on any atom is -0.317 e. The molecule has 1 aliphatic carbocycles. The molecule has 1 fully saturated rings. The molecule has 2 nitrogen and oxygen atoms in total. The lowest BCUT2D eigenvalue weighted by molar-refractivity contribution is -0.121. The van der Waals surface area contributed by atoms with Crippen molar-refractivity contribution in [3.63, 3.8) is 0 Å². The zero-order valence-corrected chi connectivity index (χ0v) is 10.8. The summed E-state index contributed by atoms with van der Waals surface area (Å²) in [6, 6.07) is 13.7. The van der Waals surface area contributed by atoms with E-state index in [9.17, 15) is 4.79 Å². The molecular weight excluding hydrogens is 242 g/mol. The zero-order valence-electron chi connectivity index (χ0n) is 9.95. The number of thiophene rings is 1. The Morgan fingerprint density at radius 1 is 1.22 bits per heavy atom. The highest BCUT2D eigenvalue weighted by atomic mass is 32.1. The maximum Gasteiger partial charge on any atom is 0.158 e. The molecular formula is C15H15NOS. The van der Waals surface area contributed by atoms with E-state index in [1.807, 2.05) is 35.7 Å². The average Bonchev–Trinajstić information content (AvgIpc) is 3.03. The summed E-state index contributed by atoms with van der Waals surface area (Å²) in [6.45, 7) is 0. The normalized spacial score (nSPS) is 23.6. The third-order valence-electron chi connectivity index (χ3n) is 3.54. The quantitative estimate of drug-likeness (QED) is 0.914. The second-order valence-corrected chi connectivity index (χ2v) is 5.73. The van der Waals surface area contributed by atoms with Crippen LogP contribution in [-0.2, 0) is 4.79 Å². The number of Topliss-reactive ketones (excluding diaryl/α,β-unsaturated/α-hetero) is 1. The molecule has 18 heavy (non-hydrogen) atoms. The van der Waals surface area contributed by atoms with E-state index in [0.717, 1.165) is 11.3 Å². The van der Waals surface area contributed by atoms with Crippen LogP contribution in [-0.4, -0.2) is 5.78 Å². The van der Waals surface area contributed by atoms with Crippen LogP contribution in [0.3, 0.4) is 0 Å². The number of rotatable bonds is 4. The summed E-state index contributed by atoms with van der Waals surface area (Å²) in [7, 11) is 0.